The molecule has 0 N–H and O–H groups in total. The number of allylic oxidation sites excluding steroid dienone is 2. The Balaban J connectivity index is 2.08. The van der Waals surface area contributed by atoms with Crippen LogP contribution in [0.2, 0.25) is 0 Å². The van der Waals surface area contributed by atoms with E-state index >= 15 is 0 Å². The minimum Gasteiger partial charge on any atom is -0.404 e. The molecule has 2 rings (SSSR count). The third-order valence-corrected chi connectivity index (χ3v) is 5.97. The number of para-hydroxylation sites is 1. The number of unbranched alkanes of at least 4 members (excludes halogenated alkanes) is 1. The smallest absolute Gasteiger partial charge is 0.404 e. The largest absolute Gasteiger partial charge is 0.530 e. The molecular weight excluding hydrogens is 347 g/mol. The standard InChI is InChI=1S/C21H31O4P/c1-4-6-13-19(5-2)17-23-26(22,24-20-14-8-7-9-15-20)25-21-16-11-10-12-18(21)3/h7-12,14-16,18-19,21H,4-6,13,17H2,1-3H3. The lowest BCUT2D eigenvalue weighted by molar-refractivity contribution is 0.0994. The van der Waals surface area contributed by atoms with E-state index in [0.29, 0.717) is 18.3 Å². The van der Waals surface area contributed by atoms with Crippen LogP contribution < -0.4 is 4.52 Å². The normalized spacial score (nSPS) is 22.7. The molecule has 0 saturated heterocycles. The summed E-state index contributed by atoms with van der Waals surface area (Å²) < 4.78 is 30.7. The molecule has 4 atom stereocenters. The lowest BCUT2D eigenvalue weighted by Gasteiger charge is -2.27. The molecule has 4 nitrogen and oxygen atoms in total. The molecule has 1 aliphatic carbocycles. The number of hydrogen-bond acceptors (Lipinski definition) is 4. The molecular formula is C21H31O4P. The summed E-state index contributed by atoms with van der Waals surface area (Å²) >= 11 is 0. The van der Waals surface area contributed by atoms with Crippen LogP contribution in [0.4, 0.5) is 0 Å². The zero-order valence-corrected chi connectivity index (χ0v) is 16.9. The van der Waals surface area contributed by atoms with Gasteiger partial charge in [0.1, 0.15) is 5.75 Å². The van der Waals surface area contributed by atoms with Crippen molar-refractivity contribution in [3.8, 4) is 5.75 Å². The van der Waals surface area contributed by atoms with Crippen LogP contribution in [0.5, 0.6) is 5.75 Å². The first-order valence-electron chi connectivity index (χ1n) is 9.59. The van der Waals surface area contributed by atoms with Crippen LogP contribution in [0, 0.1) is 11.8 Å². The molecule has 0 heterocycles. The Bertz CT molecular complexity index is 626. The first-order chi connectivity index (χ1) is 12.6. The second-order valence-corrected chi connectivity index (χ2v) is 8.31. The number of hydrogen-bond donors (Lipinski definition) is 0. The maximum Gasteiger partial charge on any atom is 0.530 e. The van der Waals surface area contributed by atoms with Gasteiger partial charge in [-0.15, -0.1) is 0 Å². The van der Waals surface area contributed by atoms with Crippen LogP contribution >= 0.6 is 7.82 Å². The Morgan fingerprint density at radius 2 is 1.85 bits per heavy atom. The highest BCUT2D eigenvalue weighted by molar-refractivity contribution is 7.49. The first-order valence-corrected chi connectivity index (χ1v) is 11.0. The average molecular weight is 378 g/mol. The minimum atomic E-state index is -3.73. The predicted octanol–water partition coefficient (Wildman–Crippen LogP) is 6.55. The van der Waals surface area contributed by atoms with Gasteiger partial charge < -0.3 is 4.52 Å². The minimum absolute atomic E-state index is 0.110. The summed E-state index contributed by atoms with van der Waals surface area (Å²) in [5.74, 6) is 0.948. The lowest BCUT2D eigenvalue weighted by Crippen LogP contribution is -2.21. The molecule has 0 fully saturated rings. The van der Waals surface area contributed by atoms with Gasteiger partial charge >= 0.3 is 7.82 Å². The third kappa shape index (κ3) is 6.75. The zero-order chi connectivity index (χ0) is 18.8. The molecule has 0 amide bonds. The monoisotopic (exact) mass is 378 g/mol. The van der Waals surface area contributed by atoms with E-state index in [-0.39, 0.29) is 12.0 Å². The van der Waals surface area contributed by atoms with Gasteiger partial charge in [-0.1, -0.05) is 82.5 Å². The van der Waals surface area contributed by atoms with Crippen molar-refractivity contribution in [1.29, 1.82) is 0 Å². The summed E-state index contributed by atoms with van der Waals surface area (Å²) in [5, 5.41) is 0. The molecule has 0 spiro atoms. The summed E-state index contributed by atoms with van der Waals surface area (Å²) in [6.07, 6.45) is 11.8. The molecule has 0 radical (unpaired) electrons. The second-order valence-electron chi connectivity index (χ2n) is 6.76. The van der Waals surface area contributed by atoms with Crippen molar-refractivity contribution < 1.29 is 18.1 Å². The van der Waals surface area contributed by atoms with Crippen molar-refractivity contribution in [3.63, 3.8) is 0 Å². The fourth-order valence-electron chi connectivity index (χ4n) is 2.76. The van der Waals surface area contributed by atoms with Crippen LogP contribution in [0.1, 0.15) is 46.5 Å². The molecule has 26 heavy (non-hydrogen) atoms. The number of phosphoric acid groups is 1. The molecule has 4 unspecified atom stereocenters. The van der Waals surface area contributed by atoms with Crippen LogP contribution in [-0.2, 0) is 13.6 Å². The fourth-order valence-corrected chi connectivity index (χ4v) is 4.25. The quantitative estimate of drug-likeness (QED) is 0.409. The van der Waals surface area contributed by atoms with Gasteiger partial charge in [-0.3, -0.25) is 9.05 Å². The number of rotatable bonds is 11. The van der Waals surface area contributed by atoms with Crippen LogP contribution in [0.15, 0.2) is 54.6 Å². The summed E-state index contributed by atoms with van der Waals surface area (Å²) in [7, 11) is -3.73. The van der Waals surface area contributed by atoms with Gasteiger partial charge in [-0.2, -0.15) is 0 Å². The Hall–Kier alpha value is -1.35. The van der Waals surface area contributed by atoms with E-state index < -0.39 is 7.82 Å². The Morgan fingerprint density at radius 1 is 1.12 bits per heavy atom. The summed E-state index contributed by atoms with van der Waals surface area (Å²) in [6.45, 7) is 6.70. The molecule has 5 heteroatoms. The predicted molar refractivity (Wildman–Crippen MR) is 106 cm³/mol. The van der Waals surface area contributed by atoms with Crippen molar-refractivity contribution in [2.75, 3.05) is 6.61 Å². The van der Waals surface area contributed by atoms with Crippen LogP contribution in [0.3, 0.4) is 0 Å². The SMILES string of the molecule is CCCCC(CC)COP(=O)(Oc1ccccc1)OC1C=CC=CC1C. The number of phosphoric ester groups is 1. The van der Waals surface area contributed by atoms with Crippen molar-refractivity contribution in [3.05, 3.63) is 54.6 Å². The molecule has 0 bridgehead atoms. The summed E-state index contributed by atoms with van der Waals surface area (Å²) in [6, 6.07) is 9.07. The topological polar surface area (TPSA) is 44.8 Å². The van der Waals surface area contributed by atoms with Gasteiger partial charge in [0.05, 0.1) is 12.7 Å². The highest BCUT2D eigenvalue weighted by atomic mass is 31.2. The van der Waals surface area contributed by atoms with Gasteiger partial charge in [0, 0.05) is 5.92 Å². The average Bonchev–Trinajstić information content (AvgIpc) is 2.65. The van der Waals surface area contributed by atoms with Crippen LogP contribution in [-0.4, -0.2) is 12.7 Å². The van der Waals surface area contributed by atoms with E-state index in [0.717, 1.165) is 25.7 Å². The van der Waals surface area contributed by atoms with E-state index in [4.69, 9.17) is 13.6 Å². The van der Waals surface area contributed by atoms with E-state index in [1.165, 1.54) is 0 Å². The van der Waals surface area contributed by atoms with Gasteiger partial charge in [0.15, 0.2) is 0 Å². The van der Waals surface area contributed by atoms with Crippen LogP contribution in [0.25, 0.3) is 0 Å². The van der Waals surface area contributed by atoms with E-state index in [1.54, 1.807) is 12.1 Å². The van der Waals surface area contributed by atoms with Gasteiger partial charge in [-0.25, -0.2) is 4.57 Å². The Kier molecular flexibility index (Phi) is 8.64. The van der Waals surface area contributed by atoms with Gasteiger partial charge in [-0.05, 0) is 24.5 Å². The molecule has 1 aliphatic rings. The highest BCUT2D eigenvalue weighted by Crippen LogP contribution is 2.52. The van der Waals surface area contributed by atoms with Crippen molar-refractivity contribution >= 4 is 7.82 Å². The zero-order valence-electron chi connectivity index (χ0n) is 16.0. The van der Waals surface area contributed by atoms with Gasteiger partial charge in [0.25, 0.3) is 0 Å². The lowest BCUT2D eigenvalue weighted by atomic mass is 10.0. The van der Waals surface area contributed by atoms with Crippen molar-refractivity contribution in [2.45, 2.75) is 52.6 Å². The molecule has 144 valence electrons. The second kappa shape index (κ2) is 10.7. The maximum absolute atomic E-state index is 13.4. The molecule has 0 aliphatic heterocycles. The maximum atomic E-state index is 13.4. The highest BCUT2D eigenvalue weighted by Gasteiger charge is 2.34. The third-order valence-electron chi connectivity index (χ3n) is 4.57. The summed E-state index contributed by atoms with van der Waals surface area (Å²) in [4.78, 5) is 0. The number of benzene rings is 1. The molecule has 0 saturated carbocycles. The fraction of sp³-hybridized carbons (Fsp3) is 0.524. The van der Waals surface area contributed by atoms with E-state index in [2.05, 4.69) is 13.8 Å². The molecule has 1 aromatic rings. The first kappa shape index (κ1) is 21.0. The molecule has 1 aromatic carbocycles. The molecule has 0 aromatic heterocycles. The van der Waals surface area contributed by atoms with Gasteiger partial charge in [0.2, 0.25) is 0 Å². The van der Waals surface area contributed by atoms with E-state index in [9.17, 15) is 4.57 Å². The van der Waals surface area contributed by atoms with Crippen molar-refractivity contribution in [1.82, 2.24) is 0 Å². The van der Waals surface area contributed by atoms with E-state index in [1.807, 2.05) is 49.4 Å². The summed E-state index contributed by atoms with van der Waals surface area (Å²) in [5.41, 5.74) is 0. The van der Waals surface area contributed by atoms with Crippen molar-refractivity contribution in [2.24, 2.45) is 11.8 Å². The Labute approximate surface area is 157 Å². The Morgan fingerprint density at radius 3 is 2.50 bits per heavy atom.